The lowest BCUT2D eigenvalue weighted by molar-refractivity contribution is 0.100. The largest absolute Gasteiger partial charge is 0.461 e. The lowest BCUT2D eigenvalue weighted by atomic mass is 9.94. The van der Waals surface area contributed by atoms with Gasteiger partial charge in [0.15, 0.2) is 5.83 Å². The zero-order valence-corrected chi connectivity index (χ0v) is 31.1. The molecule has 2 atom stereocenters. The summed E-state index contributed by atoms with van der Waals surface area (Å²) < 4.78 is 40.9. The molecule has 0 bridgehead atoms. The lowest BCUT2D eigenvalue weighted by Gasteiger charge is -2.37. The fourth-order valence-electron chi connectivity index (χ4n) is 9.97. The van der Waals surface area contributed by atoms with Crippen LogP contribution in [0, 0.1) is 5.82 Å². The van der Waals surface area contributed by atoms with Gasteiger partial charge in [-0.1, -0.05) is 12.2 Å². The topological polar surface area (TPSA) is 165 Å². The minimum Gasteiger partial charge on any atom is -0.461 e. The number of thiophene rings is 1. The molecule has 5 fully saturated rings. The maximum Gasteiger partial charge on any atom is 0.346 e. The number of likely N-dealkylation sites (tertiary alicyclic amines) is 1. The normalized spacial score (nSPS) is 25.2. The monoisotopic (exact) mass is 769 g/mol. The second-order valence-electron chi connectivity index (χ2n) is 15.9. The van der Waals surface area contributed by atoms with E-state index in [1.165, 1.54) is 29.5 Å². The van der Waals surface area contributed by atoms with E-state index in [0.717, 1.165) is 74.9 Å². The number of carbonyl (C=O) groups is 2. The van der Waals surface area contributed by atoms with E-state index in [0.29, 0.717) is 49.6 Å². The molecule has 0 radical (unpaired) electrons. The molecule has 1 aliphatic carbocycles. The second kappa shape index (κ2) is 12.4. The third kappa shape index (κ3) is 5.33. The number of aromatic nitrogens is 5. The summed E-state index contributed by atoms with van der Waals surface area (Å²) in [5.74, 6) is -1.44. The van der Waals surface area contributed by atoms with Crippen LogP contribution in [0.4, 0.5) is 24.4 Å². The summed E-state index contributed by atoms with van der Waals surface area (Å²) in [6.45, 7) is 8.30. The molecule has 286 valence electrons. The second-order valence-corrected chi connectivity index (χ2v) is 17.0. The summed E-state index contributed by atoms with van der Waals surface area (Å²) in [6.07, 6.45) is 9.60. The van der Waals surface area contributed by atoms with E-state index in [1.54, 1.807) is 0 Å². The van der Waals surface area contributed by atoms with Gasteiger partial charge < -0.3 is 30.9 Å². The molecule has 4 saturated heterocycles. The van der Waals surface area contributed by atoms with Gasteiger partial charge in [-0.15, -0.1) is 11.3 Å². The van der Waals surface area contributed by atoms with Crippen molar-refractivity contribution in [2.45, 2.75) is 75.0 Å². The van der Waals surface area contributed by atoms with Crippen LogP contribution < -0.4 is 21.1 Å². The quantitative estimate of drug-likeness (QED) is 0.249. The highest BCUT2D eigenvalue weighted by Crippen LogP contribution is 2.50. The summed E-state index contributed by atoms with van der Waals surface area (Å²) >= 11 is 0.921. The Bertz CT molecular complexity index is 2330. The fraction of sp³-hybridized carbons (Fsp3) is 0.474. The van der Waals surface area contributed by atoms with Crippen molar-refractivity contribution in [2.75, 3.05) is 50.0 Å². The zero-order valence-electron chi connectivity index (χ0n) is 30.3. The number of benzene rings is 1. The average Bonchev–Trinajstić information content (AvgIpc) is 3.73. The summed E-state index contributed by atoms with van der Waals surface area (Å²) in [6, 6.07) is 2.61. The number of carbonyl (C=O) groups excluding carboxylic acids is 2. The van der Waals surface area contributed by atoms with Crippen LogP contribution in [0.15, 0.2) is 36.9 Å². The standard InChI is InChI=1S/C38H41F2N11O3S/c1-21-14-38(9-2-11-48(38)15-21)18-54-35-45-29-24(34(46-35)47-13-10-37(17-47)8-3-12-50(37)36(53)51-20-43-19-44-51)16-49(22-4-5-22)30(28(29)40)23-6-7-25(39)31-26(23)27(32(41)52)33(42)55-31/h6-7,19-20,22H,1-5,8-18,42H2,(H2,41,52)/t37-,38-/m0/s1. The molecule has 1 spiro atoms. The van der Waals surface area contributed by atoms with E-state index in [4.69, 9.17) is 26.2 Å². The predicted molar refractivity (Wildman–Crippen MR) is 202 cm³/mol. The van der Waals surface area contributed by atoms with Crippen molar-refractivity contribution >= 4 is 55.7 Å². The molecule has 0 unspecified atom stereocenters. The number of nitrogen functional groups attached to an aromatic ring is 1. The number of primary amides is 1. The molecule has 14 nitrogen and oxygen atoms in total. The Morgan fingerprint density at radius 2 is 1.91 bits per heavy atom. The SMILES string of the molecule is C=C1CN2CCC[C@@]2(COc2nc3c(c(N4CC[C@@]5(CCCN5C(=O)n5cncn5)C4)n2)CN(C2CC2)C(c2ccc(F)c4sc(N)c(C(N)=O)c24)=C3F)C1. The molecule has 4 N–H and O–H groups in total. The maximum atomic E-state index is 17.8. The van der Waals surface area contributed by atoms with Crippen molar-refractivity contribution in [3.63, 3.8) is 0 Å². The van der Waals surface area contributed by atoms with E-state index in [2.05, 4.69) is 26.5 Å². The van der Waals surface area contributed by atoms with Crippen LogP contribution in [0.2, 0.25) is 0 Å². The van der Waals surface area contributed by atoms with Crippen molar-refractivity contribution in [3.05, 3.63) is 65.1 Å². The minimum absolute atomic E-state index is 0.00394. The first-order valence-electron chi connectivity index (χ1n) is 18.9. The summed E-state index contributed by atoms with van der Waals surface area (Å²) in [5.41, 5.74) is 13.7. The molecule has 2 amide bonds. The van der Waals surface area contributed by atoms with Gasteiger partial charge in [0, 0.05) is 55.3 Å². The smallest absolute Gasteiger partial charge is 0.346 e. The lowest BCUT2D eigenvalue weighted by Crippen LogP contribution is -2.51. The van der Waals surface area contributed by atoms with E-state index in [-0.39, 0.29) is 62.2 Å². The van der Waals surface area contributed by atoms with Crippen molar-refractivity contribution in [3.8, 4) is 6.01 Å². The molecule has 4 aromatic rings. The molecular formula is C38H41F2N11O3S. The molecule has 1 aromatic carbocycles. The van der Waals surface area contributed by atoms with Crippen LogP contribution in [-0.2, 0) is 6.54 Å². The number of halogens is 2. The zero-order chi connectivity index (χ0) is 37.8. The van der Waals surface area contributed by atoms with E-state index in [1.807, 2.05) is 9.80 Å². The molecule has 10 rings (SSSR count). The number of amides is 2. The number of rotatable bonds is 7. The predicted octanol–water partition coefficient (Wildman–Crippen LogP) is 4.76. The van der Waals surface area contributed by atoms with Crippen molar-refractivity contribution in [1.82, 2.24) is 39.4 Å². The van der Waals surface area contributed by atoms with Crippen molar-refractivity contribution in [1.29, 1.82) is 0 Å². The van der Waals surface area contributed by atoms with Crippen LogP contribution in [0.3, 0.4) is 0 Å². The number of ether oxygens (including phenoxy) is 1. The molecule has 5 aliphatic heterocycles. The first kappa shape index (κ1) is 34.3. The van der Waals surface area contributed by atoms with E-state index >= 15 is 8.78 Å². The molecule has 3 aromatic heterocycles. The van der Waals surface area contributed by atoms with Crippen LogP contribution >= 0.6 is 11.3 Å². The number of nitrogens with zero attached hydrogens (tertiary/aromatic N) is 9. The number of fused-ring (bicyclic) bond motifs is 3. The summed E-state index contributed by atoms with van der Waals surface area (Å²) in [5, 5.41) is 4.37. The number of anilines is 2. The van der Waals surface area contributed by atoms with Crippen LogP contribution in [-0.4, -0.2) is 108 Å². The van der Waals surface area contributed by atoms with E-state index in [9.17, 15) is 9.59 Å². The van der Waals surface area contributed by atoms with Gasteiger partial charge in [0.05, 0.1) is 32.0 Å². The molecule has 55 heavy (non-hydrogen) atoms. The summed E-state index contributed by atoms with van der Waals surface area (Å²) in [7, 11) is 0. The Balaban J connectivity index is 1.10. The fourth-order valence-corrected chi connectivity index (χ4v) is 11.0. The van der Waals surface area contributed by atoms with Gasteiger partial charge in [-0.05, 0) is 70.0 Å². The molecule has 8 heterocycles. The first-order valence-corrected chi connectivity index (χ1v) is 19.7. The Morgan fingerprint density at radius 3 is 2.69 bits per heavy atom. The number of hydrogen-bond acceptors (Lipinski definition) is 12. The third-order valence-electron chi connectivity index (χ3n) is 12.6. The van der Waals surface area contributed by atoms with Gasteiger partial charge in [0.2, 0.25) is 0 Å². The van der Waals surface area contributed by atoms with Crippen LogP contribution in [0.1, 0.15) is 78.5 Å². The van der Waals surface area contributed by atoms with Gasteiger partial charge in [-0.25, -0.2) is 18.6 Å². The van der Waals surface area contributed by atoms with Gasteiger partial charge >= 0.3 is 12.0 Å². The Kier molecular flexibility index (Phi) is 7.76. The van der Waals surface area contributed by atoms with Gasteiger partial charge in [-0.3, -0.25) is 9.69 Å². The highest BCUT2D eigenvalue weighted by Gasteiger charge is 2.51. The molecular weight excluding hydrogens is 729 g/mol. The van der Waals surface area contributed by atoms with E-state index < -0.39 is 23.1 Å². The van der Waals surface area contributed by atoms with Gasteiger partial charge in [-0.2, -0.15) is 19.7 Å². The Morgan fingerprint density at radius 1 is 1.07 bits per heavy atom. The van der Waals surface area contributed by atoms with Crippen molar-refractivity contribution in [2.24, 2.45) is 5.73 Å². The van der Waals surface area contributed by atoms with Crippen LogP contribution in [0.25, 0.3) is 21.6 Å². The number of hydrogen-bond donors (Lipinski definition) is 2. The maximum absolute atomic E-state index is 17.8. The first-order chi connectivity index (χ1) is 26.6. The highest BCUT2D eigenvalue weighted by atomic mass is 32.1. The van der Waals surface area contributed by atoms with Gasteiger partial charge in [0.25, 0.3) is 5.91 Å². The molecule has 6 aliphatic rings. The van der Waals surface area contributed by atoms with Crippen LogP contribution in [0.5, 0.6) is 6.01 Å². The third-order valence-corrected chi connectivity index (χ3v) is 13.6. The Hall–Kier alpha value is -5.16. The Labute approximate surface area is 319 Å². The minimum atomic E-state index is -0.813. The highest BCUT2D eigenvalue weighted by molar-refractivity contribution is 7.23. The summed E-state index contributed by atoms with van der Waals surface area (Å²) in [4.78, 5) is 48.6. The van der Waals surface area contributed by atoms with Crippen molar-refractivity contribution < 1.29 is 23.1 Å². The number of nitrogens with two attached hydrogens (primary N) is 2. The average molecular weight is 770 g/mol. The molecule has 17 heteroatoms. The molecule has 1 saturated carbocycles. The van der Waals surface area contributed by atoms with Gasteiger partial charge in [0.1, 0.15) is 36.6 Å².